The van der Waals surface area contributed by atoms with Gasteiger partial charge in [-0.1, -0.05) is 47.6 Å². The maximum absolute atomic E-state index is 13.0. The number of hydrogen-bond acceptors (Lipinski definition) is 4. The Morgan fingerprint density at radius 2 is 1.68 bits per heavy atom. The second-order valence-corrected chi connectivity index (χ2v) is 6.11. The first-order valence-corrected chi connectivity index (χ1v) is 8.80. The summed E-state index contributed by atoms with van der Waals surface area (Å²) in [6, 6.07) is 25.2. The van der Waals surface area contributed by atoms with Crippen LogP contribution < -0.4 is 4.74 Å². The topological polar surface area (TPSA) is 47.6 Å². The molecule has 0 aliphatic heterocycles. The summed E-state index contributed by atoms with van der Waals surface area (Å²) in [5, 5.41) is 4.07. The lowest BCUT2D eigenvalue weighted by Gasteiger charge is -2.07. The molecule has 0 bridgehead atoms. The third-order valence-corrected chi connectivity index (χ3v) is 4.09. The van der Waals surface area contributed by atoms with Gasteiger partial charge < -0.3 is 9.26 Å². The molecule has 138 valence electrons. The van der Waals surface area contributed by atoms with E-state index in [4.69, 9.17) is 9.26 Å². The lowest BCUT2D eigenvalue weighted by Crippen LogP contribution is -1.98. The van der Waals surface area contributed by atoms with Crippen LogP contribution in [-0.4, -0.2) is 11.4 Å². The first-order chi connectivity index (χ1) is 13.8. The molecule has 0 saturated heterocycles. The molecule has 5 heteroatoms. The summed E-state index contributed by atoms with van der Waals surface area (Å²) in [5.74, 6) is 1.09. The number of rotatable bonds is 6. The number of hydrogen-bond donors (Lipinski definition) is 0. The Balaban J connectivity index is 1.46. The Bertz CT molecular complexity index is 1070. The van der Waals surface area contributed by atoms with Crippen molar-refractivity contribution in [2.75, 3.05) is 0 Å². The Morgan fingerprint density at radius 1 is 0.929 bits per heavy atom. The van der Waals surface area contributed by atoms with Gasteiger partial charge in [-0.25, -0.2) is 4.39 Å². The van der Waals surface area contributed by atoms with Crippen LogP contribution in [0.2, 0.25) is 0 Å². The molecule has 0 spiro atoms. The number of para-hydroxylation sites is 1. The van der Waals surface area contributed by atoms with Gasteiger partial charge in [0.15, 0.2) is 5.76 Å². The molecule has 0 unspecified atom stereocenters. The van der Waals surface area contributed by atoms with Gasteiger partial charge in [-0.3, -0.25) is 4.99 Å². The second-order valence-electron chi connectivity index (χ2n) is 6.11. The van der Waals surface area contributed by atoms with Crippen LogP contribution in [0.25, 0.3) is 11.3 Å². The number of nitrogens with zero attached hydrogens (tertiary/aromatic N) is 2. The van der Waals surface area contributed by atoms with Crippen molar-refractivity contribution in [3.05, 3.63) is 102 Å². The van der Waals surface area contributed by atoms with Crippen LogP contribution in [0, 0.1) is 5.82 Å². The van der Waals surface area contributed by atoms with Crippen molar-refractivity contribution in [1.82, 2.24) is 5.16 Å². The first-order valence-electron chi connectivity index (χ1n) is 8.80. The predicted molar refractivity (Wildman–Crippen MR) is 106 cm³/mol. The minimum Gasteiger partial charge on any atom is -0.486 e. The SMILES string of the molecule is Fc1ccc(N=Cc2ccccc2OCc2cc(-c3ccccc3)on2)cc1. The van der Waals surface area contributed by atoms with Crippen molar-refractivity contribution in [2.45, 2.75) is 6.61 Å². The number of aromatic nitrogens is 1. The number of ether oxygens (including phenoxy) is 1. The summed E-state index contributed by atoms with van der Waals surface area (Å²) in [5.41, 5.74) is 3.15. The van der Waals surface area contributed by atoms with Crippen molar-refractivity contribution >= 4 is 11.9 Å². The molecule has 0 amide bonds. The van der Waals surface area contributed by atoms with E-state index in [2.05, 4.69) is 10.1 Å². The third-order valence-electron chi connectivity index (χ3n) is 4.09. The molecule has 4 rings (SSSR count). The van der Waals surface area contributed by atoms with E-state index in [9.17, 15) is 4.39 Å². The zero-order valence-electron chi connectivity index (χ0n) is 15.0. The molecule has 0 N–H and O–H groups in total. The van der Waals surface area contributed by atoms with Gasteiger partial charge >= 0.3 is 0 Å². The zero-order chi connectivity index (χ0) is 19.2. The zero-order valence-corrected chi connectivity index (χ0v) is 15.0. The summed E-state index contributed by atoms with van der Waals surface area (Å²) in [6.45, 7) is 0.276. The maximum atomic E-state index is 13.0. The average molecular weight is 372 g/mol. The van der Waals surface area contributed by atoms with Crippen LogP contribution in [0.4, 0.5) is 10.1 Å². The van der Waals surface area contributed by atoms with E-state index in [0.717, 1.165) is 11.1 Å². The summed E-state index contributed by atoms with van der Waals surface area (Å²) < 4.78 is 24.3. The van der Waals surface area contributed by atoms with Crippen molar-refractivity contribution in [3.8, 4) is 17.1 Å². The highest BCUT2D eigenvalue weighted by Gasteiger charge is 2.08. The van der Waals surface area contributed by atoms with Crippen LogP contribution in [0.5, 0.6) is 5.75 Å². The Hall–Kier alpha value is -3.73. The van der Waals surface area contributed by atoms with Crippen molar-refractivity contribution in [2.24, 2.45) is 4.99 Å². The maximum Gasteiger partial charge on any atom is 0.167 e. The molecular formula is C23H17FN2O2. The number of benzene rings is 3. The standard InChI is InChI=1S/C23H17FN2O2/c24-19-10-12-20(13-11-19)25-15-18-8-4-5-9-22(18)27-16-21-14-23(28-26-21)17-6-2-1-3-7-17/h1-15H,16H2. The van der Waals surface area contributed by atoms with Crippen molar-refractivity contribution in [1.29, 1.82) is 0 Å². The lowest BCUT2D eigenvalue weighted by molar-refractivity contribution is 0.289. The minimum absolute atomic E-state index is 0.276. The minimum atomic E-state index is -0.287. The molecule has 0 radical (unpaired) electrons. The predicted octanol–water partition coefficient (Wildman–Crippen LogP) is 5.81. The van der Waals surface area contributed by atoms with Gasteiger partial charge in [-0.2, -0.15) is 0 Å². The van der Waals surface area contributed by atoms with Crippen LogP contribution in [0.15, 0.2) is 94.4 Å². The number of halogens is 1. The summed E-state index contributed by atoms with van der Waals surface area (Å²) >= 11 is 0. The Labute approximate surface area is 161 Å². The molecule has 0 aliphatic rings. The van der Waals surface area contributed by atoms with Gasteiger partial charge in [0.05, 0.1) is 5.69 Å². The second kappa shape index (κ2) is 8.31. The first kappa shape index (κ1) is 17.7. The third kappa shape index (κ3) is 4.32. The summed E-state index contributed by atoms with van der Waals surface area (Å²) in [7, 11) is 0. The monoisotopic (exact) mass is 372 g/mol. The Morgan fingerprint density at radius 3 is 2.50 bits per heavy atom. The molecule has 0 aliphatic carbocycles. The van der Waals surface area contributed by atoms with E-state index in [1.807, 2.05) is 60.7 Å². The van der Waals surface area contributed by atoms with Gasteiger partial charge in [0.1, 0.15) is 23.9 Å². The molecule has 4 nitrogen and oxygen atoms in total. The van der Waals surface area contributed by atoms with Gasteiger partial charge in [0.2, 0.25) is 0 Å². The molecule has 0 atom stereocenters. The molecule has 4 aromatic rings. The fourth-order valence-electron chi connectivity index (χ4n) is 2.66. The highest BCUT2D eigenvalue weighted by Crippen LogP contribution is 2.22. The fraction of sp³-hybridized carbons (Fsp3) is 0.0435. The van der Waals surface area contributed by atoms with Gasteiger partial charge in [-0.15, -0.1) is 0 Å². The van der Waals surface area contributed by atoms with Gasteiger partial charge in [-0.05, 0) is 36.4 Å². The molecule has 0 saturated carbocycles. The largest absolute Gasteiger partial charge is 0.486 e. The van der Waals surface area contributed by atoms with Crippen molar-refractivity contribution < 1.29 is 13.7 Å². The average Bonchev–Trinajstić information content (AvgIpc) is 3.22. The van der Waals surface area contributed by atoms with E-state index >= 15 is 0 Å². The molecule has 1 heterocycles. The van der Waals surface area contributed by atoms with Crippen LogP contribution in [-0.2, 0) is 6.61 Å². The van der Waals surface area contributed by atoms with Gasteiger partial charge in [0, 0.05) is 23.4 Å². The lowest BCUT2D eigenvalue weighted by atomic mass is 10.2. The van der Waals surface area contributed by atoms with E-state index in [-0.39, 0.29) is 12.4 Å². The fourth-order valence-corrected chi connectivity index (χ4v) is 2.66. The quantitative estimate of drug-likeness (QED) is 0.401. The molecule has 3 aromatic carbocycles. The molecular weight excluding hydrogens is 355 g/mol. The van der Waals surface area contributed by atoms with E-state index in [0.29, 0.717) is 22.9 Å². The molecule has 28 heavy (non-hydrogen) atoms. The normalized spacial score (nSPS) is 11.0. The van der Waals surface area contributed by atoms with Crippen LogP contribution in [0.1, 0.15) is 11.3 Å². The van der Waals surface area contributed by atoms with Gasteiger partial charge in [0.25, 0.3) is 0 Å². The highest BCUT2D eigenvalue weighted by molar-refractivity contribution is 5.85. The summed E-state index contributed by atoms with van der Waals surface area (Å²) in [4.78, 5) is 4.37. The van der Waals surface area contributed by atoms with Crippen LogP contribution >= 0.6 is 0 Å². The highest BCUT2D eigenvalue weighted by atomic mass is 19.1. The van der Waals surface area contributed by atoms with Crippen LogP contribution in [0.3, 0.4) is 0 Å². The summed E-state index contributed by atoms with van der Waals surface area (Å²) in [6.07, 6.45) is 1.70. The molecule has 0 fully saturated rings. The smallest absolute Gasteiger partial charge is 0.167 e. The Kier molecular flexibility index (Phi) is 5.24. The number of aliphatic imine (C=N–C) groups is 1. The molecule has 1 aromatic heterocycles. The van der Waals surface area contributed by atoms with E-state index in [1.165, 1.54) is 12.1 Å². The van der Waals surface area contributed by atoms with E-state index < -0.39 is 0 Å². The van der Waals surface area contributed by atoms with Crippen molar-refractivity contribution in [3.63, 3.8) is 0 Å². The van der Waals surface area contributed by atoms with E-state index in [1.54, 1.807) is 18.3 Å².